The molecule has 0 aromatic heterocycles. The number of nitrogens with zero attached hydrogens (tertiary/aromatic N) is 2. The Bertz CT molecular complexity index is 1050. The van der Waals surface area contributed by atoms with E-state index in [1.807, 2.05) is 60.4 Å². The van der Waals surface area contributed by atoms with Crippen LogP contribution in [0.25, 0.3) is 0 Å². The van der Waals surface area contributed by atoms with Crippen molar-refractivity contribution in [2.45, 2.75) is 25.3 Å². The van der Waals surface area contributed by atoms with Gasteiger partial charge >= 0.3 is 5.97 Å². The summed E-state index contributed by atoms with van der Waals surface area (Å²) in [4.78, 5) is 25.4. The number of hydrogen-bond donors (Lipinski definition) is 1. The molecule has 0 bridgehead atoms. The fourth-order valence-corrected chi connectivity index (χ4v) is 5.38. The van der Waals surface area contributed by atoms with Crippen LogP contribution in [0.1, 0.15) is 51.5 Å². The van der Waals surface area contributed by atoms with Crippen LogP contribution in [0.2, 0.25) is 0 Å². The number of hydrazone groups is 1. The Kier molecular flexibility index (Phi) is 8.95. The Morgan fingerprint density at radius 1 is 1.11 bits per heavy atom. The van der Waals surface area contributed by atoms with Gasteiger partial charge in [0.15, 0.2) is 5.78 Å². The monoisotopic (exact) mass is 495 g/mol. The SMILES string of the molecule is COCCOC(=O)CC1CCc2ccc(C(=O)c3ccc(C=NN4CCSCC4)cc3)cc2C1N. The molecule has 186 valence electrons. The van der Waals surface area contributed by atoms with Crippen molar-refractivity contribution in [3.8, 4) is 0 Å². The van der Waals surface area contributed by atoms with Gasteiger partial charge in [-0.15, -0.1) is 0 Å². The highest BCUT2D eigenvalue weighted by Gasteiger charge is 2.29. The third kappa shape index (κ3) is 6.72. The molecule has 35 heavy (non-hydrogen) atoms. The first kappa shape index (κ1) is 25.4. The Morgan fingerprint density at radius 3 is 2.60 bits per heavy atom. The molecule has 2 N–H and O–H groups in total. The molecule has 2 aromatic rings. The second kappa shape index (κ2) is 12.3. The van der Waals surface area contributed by atoms with Gasteiger partial charge in [-0.05, 0) is 41.5 Å². The molecular formula is C27H33N3O4S. The minimum Gasteiger partial charge on any atom is -0.463 e. The summed E-state index contributed by atoms with van der Waals surface area (Å²) in [6.07, 6.45) is 3.77. The van der Waals surface area contributed by atoms with Gasteiger partial charge in [-0.25, -0.2) is 0 Å². The predicted octanol–water partition coefficient (Wildman–Crippen LogP) is 3.44. The fourth-order valence-electron chi connectivity index (χ4n) is 4.49. The molecule has 8 heteroatoms. The van der Waals surface area contributed by atoms with Crippen molar-refractivity contribution < 1.29 is 19.1 Å². The van der Waals surface area contributed by atoms with Crippen LogP contribution in [-0.4, -0.2) is 67.9 Å². The first-order chi connectivity index (χ1) is 17.0. The average Bonchev–Trinajstić information content (AvgIpc) is 2.89. The van der Waals surface area contributed by atoms with E-state index >= 15 is 0 Å². The zero-order valence-corrected chi connectivity index (χ0v) is 21.0. The smallest absolute Gasteiger partial charge is 0.306 e. The number of carbonyl (C=O) groups excluding carboxylic acids is 2. The van der Waals surface area contributed by atoms with E-state index in [0.717, 1.165) is 54.1 Å². The predicted molar refractivity (Wildman–Crippen MR) is 139 cm³/mol. The van der Waals surface area contributed by atoms with Gasteiger partial charge in [0.2, 0.25) is 0 Å². The molecule has 2 unspecified atom stereocenters. The molecule has 0 saturated carbocycles. The number of fused-ring (bicyclic) bond motifs is 1. The molecule has 1 saturated heterocycles. The van der Waals surface area contributed by atoms with Gasteiger partial charge in [0.25, 0.3) is 0 Å². The lowest BCUT2D eigenvalue weighted by atomic mass is 9.77. The molecule has 2 aromatic carbocycles. The van der Waals surface area contributed by atoms with Gasteiger partial charge in [-0.2, -0.15) is 16.9 Å². The van der Waals surface area contributed by atoms with Crippen molar-refractivity contribution in [2.75, 3.05) is 44.9 Å². The van der Waals surface area contributed by atoms with Gasteiger partial charge < -0.3 is 15.2 Å². The summed E-state index contributed by atoms with van der Waals surface area (Å²) in [5, 5.41) is 6.63. The van der Waals surface area contributed by atoms with Crippen molar-refractivity contribution in [1.82, 2.24) is 5.01 Å². The summed E-state index contributed by atoms with van der Waals surface area (Å²) in [5.41, 5.74) is 10.8. The number of carbonyl (C=O) groups is 2. The highest BCUT2D eigenvalue weighted by molar-refractivity contribution is 7.99. The zero-order valence-electron chi connectivity index (χ0n) is 20.2. The summed E-state index contributed by atoms with van der Waals surface area (Å²) in [5.74, 6) is 1.89. The van der Waals surface area contributed by atoms with Crippen LogP contribution in [0, 0.1) is 5.92 Å². The Morgan fingerprint density at radius 2 is 1.86 bits per heavy atom. The van der Waals surface area contributed by atoms with E-state index in [1.54, 1.807) is 7.11 Å². The van der Waals surface area contributed by atoms with Crippen LogP contribution in [0.15, 0.2) is 47.6 Å². The maximum atomic E-state index is 13.2. The maximum absolute atomic E-state index is 13.2. The van der Waals surface area contributed by atoms with Crippen molar-refractivity contribution in [2.24, 2.45) is 16.8 Å². The Balaban J connectivity index is 1.41. The number of methoxy groups -OCH3 is 1. The third-order valence-corrected chi connectivity index (χ3v) is 7.51. The van der Waals surface area contributed by atoms with E-state index in [-0.39, 0.29) is 36.7 Å². The summed E-state index contributed by atoms with van der Waals surface area (Å²) in [6.45, 7) is 2.55. The first-order valence-electron chi connectivity index (χ1n) is 12.1. The number of benzene rings is 2. The normalized spacial score (nSPS) is 20.0. The number of rotatable bonds is 9. The minimum absolute atomic E-state index is 0.0139. The molecule has 1 aliphatic heterocycles. The lowest BCUT2D eigenvalue weighted by Gasteiger charge is -2.31. The van der Waals surface area contributed by atoms with Crippen molar-refractivity contribution >= 4 is 29.7 Å². The lowest BCUT2D eigenvalue weighted by Crippen LogP contribution is -2.30. The Labute approximate surface area is 211 Å². The largest absolute Gasteiger partial charge is 0.463 e. The number of nitrogens with two attached hydrogens (primary N) is 1. The summed E-state index contributed by atoms with van der Waals surface area (Å²) in [7, 11) is 1.57. The molecule has 4 rings (SSSR count). The second-order valence-electron chi connectivity index (χ2n) is 8.92. The third-order valence-electron chi connectivity index (χ3n) is 6.57. The van der Waals surface area contributed by atoms with E-state index in [1.165, 1.54) is 0 Å². The van der Waals surface area contributed by atoms with Gasteiger partial charge in [-0.3, -0.25) is 14.6 Å². The highest BCUT2D eigenvalue weighted by atomic mass is 32.2. The van der Waals surface area contributed by atoms with Crippen molar-refractivity contribution in [3.05, 3.63) is 70.3 Å². The average molecular weight is 496 g/mol. The quantitative estimate of drug-likeness (QED) is 0.246. The number of aryl methyl sites for hydroxylation is 1. The van der Waals surface area contributed by atoms with E-state index in [0.29, 0.717) is 17.7 Å². The molecule has 2 aliphatic rings. The summed E-state index contributed by atoms with van der Waals surface area (Å²) >= 11 is 1.95. The summed E-state index contributed by atoms with van der Waals surface area (Å²) in [6, 6.07) is 13.0. The molecule has 0 amide bonds. The molecule has 1 fully saturated rings. The van der Waals surface area contributed by atoms with Gasteiger partial charge in [0.05, 0.1) is 19.2 Å². The number of ketones is 1. The van der Waals surface area contributed by atoms with Crippen LogP contribution >= 0.6 is 11.8 Å². The molecular weight excluding hydrogens is 462 g/mol. The van der Waals surface area contributed by atoms with Crippen LogP contribution in [-0.2, 0) is 20.7 Å². The Hall–Kier alpha value is -2.68. The van der Waals surface area contributed by atoms with Crippen molar-refractivity contribution in [1.29, 1.82) is 0 Å². The molecule has 7 nitrogen and oxygen atoms in total. The molecule has 0 radical (unpaired) electrons. The topological polar surface area (TPSA) is 94.2 Å². The fraction of sp³-hybridized carbons (Fsp3) is 0.444. The maximum Gasteiger partial charge on any atom is 0.306 e. The molecule has 1 heterocycles. The van der Waals surface area contributed by atoms with Crippen LogP contribution < -0.4 is 5.73 Å². The van der Waals surface area contributed by atoms with Crippen LogP contribution in [0.3, 0.4) is 0 Å². The number of ether oxygens (including phenoxy) is 2. The van der Waals surface area contributed by atoms with Crippen LogP contribution in [0.4, 0.5) is 0 Å². The van der Waals surface area contributed by atoms with Gasteiger partial charge in [-0.1, -0.05) is 36.4 Å². The minimum atomic E-state index is -0.312. The molecule has 0 spiro atoms. The molecule has 1 aliphatic carbocycles. The lowest BCUT2D eigenvalue weighted by molar-refractivity contribution is -0.146. The zero-order chi connectivity index (χ0) is 24.6. The van der Waals surface area contributed by atoms with Gasteiger partial charge in [0, 0.05) is 48.9 Å². The molecule has 2 atom stereocenters. The van der Waals surface area contributed by atoms with Gasteiger partial charge in [0.1, 0.15) is 6.61 Å². The number of thioether (sulfide) groups is 1. The first-order valence-corrected chi connectivity index (χ1v) is 13.2. The highest BCUT2D eigenvalue weighted by Crippen LogP contribution is 2.35. The van der Waals surface area contributed by atoms with E-state index in [4.69, 9.17) is 15.2 Å². The number of esters is 1. The van der Waals surface area contributed by atoms with Crippen molar-refractivity contribution in [3.63, 3.8) is 0 Å². The number of hydrogen-bond acceptors (Lipinski definition) is 8. The van der Waals surface area contributed by atoms with E-state index in [9.17, 15) is 9.59 Å². The van der Waals surface area contributed by atoms with E-state index < -0.39 is 0 Å². The second-order valence-corrected chi connectivity index (χ2v) is 10.1. The van der Waals surface area contributed by atoms with Crippen LogP contribution in [0.5, 0.6) is 0 Å². The summed E-state index contributed by atoms with van der Waals surface area (Å²) < 4.78 is 10.1. The standard InChI is InChI=1S/C27H33N3O4S/c1-33-12-13-34-25(31)17-22-8-6-20-7-9-23(16-24(20)26(22)28)27(32)21-4-2-19(3-5-21)18-29-30-10-14-35-15-11-30/h2-5,7,9,16,18,22,26H,6,8,10-15,17,28H2,1H3. The van der Waals surface area contributed by atoms with E-state index in [2.05, 4.69) is 10.1 Å².